The Bertz CT molecular complexity index is 833. The molecule has 2 aromatic rings. The van der Waals surface area contributed by atoms with Crippen LogP contribution < -0.4 is 15.5 Å². The molecule has 26 heavy (non-hydrogen) atoms. The first-order chi connectivity index (χ1) is 12.5. The molecule has 0 radical (unpaired) electrons. The fourth-order valence-electron chi connectivity index (χ4n) is 2.72. The summed E-state index contributed by atoms with van der Waals surface area (Å²) in [5.74, 6) is -0.931. The van der Waals surface area contributed by atoms with Gasteiger partial charge in [0.2, 0.25) is 22.9 Å². The summed E-state index contributed by atoms with van der Waals surface area (Å²) in [4.78, 5) is 37.4. The second-order valence-corrected chi connectivity index (χ2v) is 7.04. The van der Waals surface area contributed by atoms with Crippen LogP contribution >= 0.6 is 11.3 Å². The molecule has 0 aliphatic carbocycles. The van der Waals surface area contributed by atoms with Crippen molar-refractivity contribution in [3.8, 4) is 0 Å². The van der Waals surface area contributed by atoms with Crippen molar-refractivity contribution in [2.24, 2.45) is 5.92 Å². The molecule has 1 aliphatic rings. The van der Waals surface area contributed by atoms with Gasteiger partial charge in [0.25, 0.3) is 0 Å². The molecule has 3 rings (SSSR count). The van der Waals surface area contributed by atoms with Gasteiger partial charge in [0.15, 0.2) is 0 Å². The van der Waals surface area contributed by atoms with Gasteiger partial charge in [0, 0.05) is 31.3 Å². The van der Waals surface area contributed by atoms with Crippen molar-refractivity contribution in [2.45, 2.75) is 26.7 Å². The van der Waals surface area contributed by atoms with Crippen LogP contribution in [0.2, 0.25) is 0 Å². The summed E-state index contributed by atoms with van der Waals surface area (Å²) in [7, 11) is 0. The first-order valence-electron chi connectivity index (χ1n) is 8.27. The maximum atomic E-state index is 12.4. The topological polar surface area (TPSA) is 104 Å². The highest BCUT2D eigenvalue weighted by molar-refractivity contribution is 7.15. The van der Waals surface area contributed by atoms with E-state index in [9.17, 15) is 14.4 Å². The van der Waals surface area contributed by atoms with Crippen molar-refractivity contribution in [1.82, 2.24) is 10.2 Å². The van der Waals surface area contributed by atoms with Crippen molar-refractivity contribution < 1.29 is 14.4 Å². The number of aromatic nitrogens is 2. The highest BCUT2D eigenvalue weighted by Crippen LogP contribution is 2.27. The third-order valence-corrected chi connectivity index (χ3v) is 4.98. The molecule has 0 bridgehead atoms. The number of benzene rings is 1. The van der Waals surface area contributed by atoms with Gasteiger partial charge in [0.1, 0.15) is 5.01 Å². The van der Waals surface area contributed by atoms with Crippen molar-refractivity contribution in [1.29, 1.82) is 0 Å². The Kier molecular flexibility index (Phi) is 5.27. The minimum Gasteiger partial charge on any atom is -0.326 e. The number of rotatable bonds is 5. The molecule has 8 nitrogen and oxygen atoms in total. The molecule has 9 heteroatoms. The van der Waals surface area contributed by atoms with E-state index < -0.39 is 5.92 Å². The molecule has 0 saturated carbocycles. The zero-order valence-corrected chi connectivity index (χ0v) is 15.3. The Labute approximate surface area is 154 Å². The van der Waals surface area contributed by atoms with Gasteiger partial charge < -0.3 is 15.5 Å². The number of nitrogens with one attached hydrogen (secondary N) is 2. The molecule has 1 fully saturated rings. The second-order valence-electron chi connectivity index (χ2n) is 5.98. The fourth-order valence-corrected chi connectivity index (χ4v) is 3.40. The molecule has 1 unspecified atom stereocenters. The number of amides is 3. The Hall–Kier alpha value is -2.81. The summed E-state index contributed by atoms with van der Waals surface area (Å²) in [6.45, 7) is 3.71. The molecular formula is C17H19N5O3S. The summed E-state index contributed by atoms with van der Waals surface area (Å²) in [5.41, 5.74) is 1.36. The van der Waals surface area contributed by atoms with E-state index in [-0.39, 0.29) is 24.1 Å². The number of anilines is 3. The van der Waals surface area contributed by atoms with E-state index in [1.807, 2.05) is 6.92 Å². The molecule has 136 valence electrons. The largest absolute Gasteiger partial charge is 0.326 e. The van der Waals surface area contributed by atoms with Crippen LogP contribution in [-0.2, 0) is 20.8 Å². The molecule has 2 heterocycles. The van der Waals surface area contributed by atoms with Gasteiger partial charge in [-0.05, 0) is 30.7 Å². The monoisotopic (exact) mass is 373 g/mol. The van der Waals surface area contributed by atoms with Gasteiger partial charge in [-0.2, -0.15) is 0 Å². The molecule has 0 spiro atoms. The van der Waals surface area contributed by atoms with Crippen molar-refractivity contribution in [3.05, 3.63) is 29.3 Å². The predicted molar refractivity (Wildman–Crippen MR) is 99.1 cm³/mol. The minimum absolute atomic E-state index is 0.107. The number of carbonyl (C=O) groups is 3. The van der Waals surface area contributed by atoms with E-state index in [4.69, 9.17) is 0 Å². The average Bonchev–Trinajstić information content (AvgIpc) is 3.21. The number of hydrogen-bond acceptors (Lipinski definition) is 6. The van der Waals surface area contributed by atoms with Gasteiger partial charge in [-0.1, -0.05) is 18.3 Å². The van der Waals surface area contributed by atoms with Crippen LogP contribution in [-0.4, -0.2) is 34.5 Å². The quantitative estimate of drug-likeness (QED) is 0.835. The van der Waals surface area contributed by atoms with Crippen molar-refractivity contribution in [3.63, 3.8) is 0 Å². The number of carbonyl (C=O) groups excluding carboxylic acids is 3. The molecule has 2 N–H and O–H groups in total. The lowest BCUT2D eigenvalue weighted by Gasteiger charge is -2.17. The van der Waals surface area contributed by atoms with E-state index in [2.05, 4.69) is 20.8 Å². The highest BCUT2D eigenvalue weighted by Gasteiger charge is 2.35. The van der Waals surface area contributed by atoms with Gasteiger partial charge in [-0.25, -0.2) is 0 Å². The third-order valence-electron chi connectivity index (χ3n) is 3.99. The van der Waals surface area contributed by atoms with Crippen LogP contribution in [0.4, 0.5) is 16.5 Å². The van der Waals surface area contributed by atoms with E-state index in [0.29, 0.717) is 23.1 Å². The summed E-state index contributed by atoms with van der Waals surface area (Å²) >= 11 is 1.34. The second kappa shape index (κ2) is 7.61. The first kappa shape index (κ1) is 18.0. The number of nitrogens with zero attached hydrogens (tertiary/aromatic N) is 3. The highest BCUT2D eigenvalue weighted by atomic mass is 32.1. The molecular weight excluding hydrogens is 354 g/mol. The van der Waals surface area contributed by atoms with E-state index in [1.54, 1.807) is 29.2 Å². The zero-order valence-electron chi connectivity index (χ0n) is 14.5. The van der Waals surface area contributed by atoms with Crippen LogP contribution in [0, 0.1) is 5.92 Å². The molecule has 1 atom stereocenters. The third kappa shape index (κ3) is 4.05. The van der Waals surface area contributed by atoms with Crippen molar-refractivity contribution in [2.75, 3.05) is 22.1 Å². The smallest absolute Gasteiger partial charge is 0.231 e. The van der Waals surface area contributed by atoms with E-state index >= 15 is 0 Å². The zero-order chi connectivity index (χ0) is 18.7. The maximum Gasteiger partial charge on any atom is 0.231 e. The lowest BCUT2D eigenvalue weighted by atomic mass is 10.1. The average molecular weight is 373 g/mol. The Morgan fingerprint density at radius 1 is 1.23 bits per heavy atom. The molecule has 1 aromatic carbocycles. The number of hydrogen-bond donors (Lipinski definition) is 2. The molecule has 1 aromatic heterocycles. The summed E-state index contributed by atoms with van der Waals surface area (Å²) in [5, 5.41) is 14.6. The van der Waals surface area contributed by atoms with Crippen LogP contribution in [0.15, 0.2) is 24.3 Å². The van der Waals surface area contributed by atoms with Crippen LogP contribution in [0.1, 0.15) is 25.3 Å². The first-order valence-corrected chi connectivity index (χ1v) is 9.09. The molecule has 3 amide bonds. The van der Waals surface area contributed by atoms with Crippen LogP contribution in [0.25, 0.3) is 0 Å². The summed E-state index contributed by atoms with van der Waals surface area (Å²) < 4.78 is 0. The standard InChI is InChI=1S/C17H19N5O3S/c1-3-14-20-21-17(26-14)19-16(25)11-8-15(24)22(9-11)13-6-4-12(5-7-13)18-10(2)23/h4-7,11H,3,8-9H2,1-2H3,(H,18,23)(H,19,21,25). The normalized spacial score (nSPS) is 16.6. The maximum absolute atomic E-state index is 12.4. The van der Waals surface area contributed by atoms with Gasteiger partial charge in [0.05, 0.1) is 5.92 Å². The van der Waals surface area contributed by atoms with Gasteiger partial charge in [-0.15, -0.1) is 10.2 Å². The van der Waals surface area contributed by atoms with E-state index in [1.165, 1.54) is 18.3 Å². The molecule has 1 aliphatic heterocycles. The number of aryl methyl sites for hydroxylation is 1. The Balaban J connectivity index is 1.64. The van der Waals surface area contributed by atoms with Crippen LogP contribution in [0.5, 0.6) is 0 Å². The van der Waals surface area contributed by atoms with Gasteiger partial charge in [-0.3, -0.25) is 14.4 Å². The van der Waals surface area contributed by atoms with Crippen molar-refractivity contribution >= 4 is 45.6 Å². The predicted octanol–water partition coefficient (Wildman–Crippen LogP) is 2.05. The minimum atomic E-state index is -0.438. The lowest BCUT2D eigenvalue weighted by Crippen LogP contribution is -2.28. The Morgan fingerprint density at radius 2 is 1.96 bits per heavy atom. The SMILES string of the molecule is CCc1nnc(NC(=O)C2CC(=O)N(c3ccc(NC(C)=O)cc3)C2)s1. The van der Waals surface area contributed by atoms with Gasteiger partial charge >= 0.3 is 0 Å². The van der Waals surface area contributed by atoms with E-state index in [0.717, 1.165) is 11.4 Å². The molecule has 1 saturated heterocycles. The summed E-state index contributed by atoms with van der Waals surface area (Å²) in [6.07, 6.45) is 0.913. The lowest BCUT2D eigenvalue weighted by molar-refractivity contribution is -0.122. The van der Waals surface area contributed by atoms with Crippen LogP contribution in [0.3, 0.4) is 0 Å². The Morgan fingerprint density at radius 3 is 2.58 bits per heavy atom. The summed E-state index contributed by atoms with van der Waals surface area (Å²) in [6, 6.07) is 6.96. The fraction of sp³-hybridized carbons (Fsp3) is 0.353.